The van der Waals surface area contributed by atoms with Crippen LogP contribution in [0.5, 0.6) is 11.5 Å². The first-order valence-corrected chi connectivity index (χ1v) is 6.99. The van der Waals surface area contributed by atoms with Crippen LogP contribution >= 0.6 is 0 Å². The lowest BCUT2D eigenvalue weighted by Crippen LogP contribution is -2.32. The number of anilines is 1. The van der Waals surface area contributed by atoms with Crippen molar-refractivity contribution in [1.29, 1.82) is 0 Å². The van der Waals surface area contributed by atoms with Crippen LogP contribution in [-0.4, -0.2) is 36.9 Å². The Kier molecular flexibility index (Phi) is 5.76. The van der Waals surface area contributed by atoms with Crippen molar-refractivity contribution in [2.24, 2.45) is 0 Å². The van der Waals surface area contributed by atoms with Crippen molar-refractivity contribution in [3.8, 4) is 11.5 Å². The van der Waals surface area contributed by atoms with Crippen LogP contribution in [-0.2, 0) is 0 Å². The van der Waals surface area contributed by atoms with Gasteiger partial charge in [0, 0.05) is 30.2 Å². The predicted octanol–water partition coefficient (Wildman–Crippen LogP) is 1.95. The van der Waals surface area contributed by atoms with Gasteiger partial charge in [0.25, 0.3) is 0 Å². The fraction of sp³-hybridized carbons (Fsp3) is 0.250. The van der Waals surface area contributed by atoms with Crippen molar-refractivity contribution in [1.82, 2.24) is 10.3 Å². The number of carbonyl (C=O) groups excluding carboxylic acids is 1. The lowest BCUT2D eigenvalue weighted by atomic mass is 10.1. The lowest BCUT2D eigenvalue weighted by Gasteiger charge is -2.16. The van der Waals surface area contributed by atoms with Gasteiger partial charge in [-0.25, -0.2) is 4.79 Å². The standard InChI is InChI=1S/C16H19N3O4/c1-22-12-3-4-15(23-2)13(9-12)14(20)10-18-16(21)19-11-5-7-17-8-6-11/h3-9,14,20H,10H2,1-2H3,(H2,17,18,19,21)/t14-/m1/s1. The van der Waals surface area contributed by atoms with E-state index in [2.05, 4.69) is 15.6 Å². The maximum atomic E-state index is 11.8. The van der Waals surface area contributed by atoms with E-state index in [0.29, 0.717) is 22.7 Å². The smallest absolute Gasteiger partial charge is 0.319 e. The number of amides is 2. The monoisotopic (exact) mass is 317 g/mol. The summed E-state index contributed by atoms with van der Waals surface area (Å²) in [5, 5.41) is 15.5. The van der Waals surface area contributed by atoms with Crippen molar-refractivity contribution in [3.63, 3.8) is 0 Å². The van der Waals surface area contributed by atoms with E-state index in [1.54, 1.807) is 49.8 Å². The van der Waals surface area contributed by atoms with Gasteiger partial charge in [0.15, 0.2) is 0 Å². The van der Waals surface area contributed by atoms with Crippen LogP contribution in [0.25, 0.3) is 0 Å². The second kappa shape index (κ2) is 8.00. The van der Waals surface area contributed by atoms with Gasteiger partial charge in [0.05, 0.1) is 14.2 Å². The molecule has 0 radical (unpaired) electrons. The zero-order chi connectivity index (χ0) is 16.7. The summed E-state index contributed by atoms with van der Waals surface area (Å²) in [6.07, 6.45) is 2.22. The summed E-state index contributed by atoms with van der Waals surface area (Å²) < 4.78 is 10.4. The minimum absolute atomic E-state index is 0.0282. The van der Waals surface area contributed by atoms with Crippen LogP contribution in [0.15, 0.2) is 42.7 Å². The van der Waals surface area contributed by atoms with Gasteiger partial charge in [0.2, 0.25) is 0 Å². The Labute approximate surface area is 134 Å². The lowest BCUT2D eigenvalue weighted by molar-refractivity contribution is 0.170. The number of nitrogens with zero attached hydrogens (tertiary/aromatic N) is 1. The number of pyridine rings is 1. The normalized spacial score (nSPS) is 11.4. The number of urea groups is 1. The summed E-state index contributed by atoms with van der Waals surface area (Å²) in [5.41, 5.74) is 1.15. The molecule has 7 nitrogen and oxygen atoms in total. The summed E-state index contributed by atoms with van der Waals surface area (Å²) >= 11 is 0. The second-order valence-electron chi connectivity index (χ2n) is 4.69. The number of ether oxygens (including phenoxy) is 2. The van der Waals surface area contributed by atoms with Crippen molar-refractivity contribution < 1.29 is 19.4 Å². The topological polar surface area (TPSA) is 92.7 Å². The highest BCUT2D eigenvalue weighted by atomic mass is 16.5. The van der Waals surface area contributed by atoms with Crippen LogP contribution in [0.1, 0.15) is 11.7 Å². The number of aliphatic hydroxyl groups is 1. The van der Waals surface area contributed by atoms with E-state index >= 15 is 0 Å². The number of hydrogen-bond donors (Lipinski definition) is 3. The number of methoxy groups -OCH3 is 2. The van der Waals surface area contributed by atoms with Crippen LogP contribution in [0.4, 0.5) is 10.5 Å². The molecule has 3 N–H and O–H groups in total. The molecule has 7 heteroatoms. The highest BCUT2D eigenvalue weighted by Crippen LogP contribution is 2.29. The Morgan fingerprint density at radius 2 is 1.96 bits per heavy atom. The molecular weight excluding hydrogens is 298 g/mol. The van der Waals surface area contributed by atoms with Gasteiger partial charge < -0.3 is 25.2 Å². The van der Waals surface area contributed by atoms with Crippen LogP contribution < -0.4 is 20.1 Å². The molecule has 0 saturated heterocycles. The summed E-state index contributed by atoms with van der Waals surface area (Å²) in [6, 6.07) is 8.03. The summed E-state index contributed by atoms with van der Waals surface area (Å²) in [7, 11) is 3.06. The molecule has 0 aliphatic rings. The van der Waals surface area contributed by atoms with Crippen molar-refractivity contribution in [2.75, 3.05) is 26.1 Å². The highest BCUT2D eigenvalue weighted by molar-refractivity contribution is 5.89. The number of hydrogen-bond acceptors (Lipinski definition) is 5. The Balaban J connectivity index is 1.96. The van der Waals surface area contributed by atoms with Gasteiger partial charge in [-0.15, -0.1) is 0 Å². The summed E-state index contributed by atoms with van der Waals surface area (Å²) in [4.78, 5) is 15.7. The van der Waals surface area contributed by atoms with Crippen LogP contribution in [0.3, 0.4) is 0 Å². The maximum Gasteiger partial charge on any atom is 0.319 e. The number of benzene rings is 1. The molecule has 0 bridgehead atoms. The molecule has 0 spiro atoms. The Morgan fingerprint density at radius 3 is 2.61 bits per heavy atom. The third-order valence-electron chi connectivity index (χ3n) is 3.19. The predicted molar refractivity (Wildman–Crippen MR) is 85.8 cm³/mol. The molecule has 2 aromatic rings. The first-order valence-electron chi connectivity index (χ1n) is 6.99. The number of rotatable bonds is 6. The minimum atomic E-state index is -0.928. The zero-order valence-corrected chi connectivity index (χ0v) is 12.9. The third-order valence-corrected chi connectivity index (χ3v) is 3.19. The SMILES string of the molecule is COc1ccc(OC)c([C@H](O)CNC(=O)Nc2ccncc2)c1. The molecule has 1 atom stereocenters. The van der Waals surface area contributed by atoms with Gasteiger partial charge >= 0.3 is 6.03 Å². The average molecular weight is 317 g/mol. The van der Waals surface area contributed by atoms with Gasteiger partial charge in [-0.05, 0) is 30.3 Å². The van der Waals surface area contributed by atoms with Gasteiger partial charge in [-0.1, -0.05) is 0 Å². The number of carbonyl (C=O) groups is 1. The van der Waals surface area contributed by atoms with E-state index in [-0.39, 0.29) is 6.54 Å². The van der Waals surface area contributed by atoms with Crippen LogP contribution in [0, 0.1) is 0 Å². The Bertz CT molecular complexity index is 649. The van der Waals surface area contributed by atoms with E-state index in [4.69, 9.17) is 9.47 Å². The van der Waals surface area contributed by atoms with Gasteiger partial charge in [-0.2, -0.15) is 0 Å². The largest absolute Gasteiger partial charge is 0.497 e. The third kappa shape index (κ3) is 4.58. The Hall–Kier alpha value is -2.80. The second-order valence-corrected chi connectivity index (χ2v) is 4.69. The van der Waals surface area contributed by atoms with E-state index in [1.807, 2.05) is 0 Å². The average Bonchev–Trinajstić information content (AvgIpc) is 2.60. The highest BCUT2D eigenvalue weighted by Gasteiger charge is 2.15. The first kappa shape index (κ1) is 16.6. The van der Waals surface area contributed by atoms with Crippen molar-refractivity contribution in [2.45, 2.75) is 6.10 Å². The van der Waals surface area contributed by atoms with E-state index in [1.165, 1.54) is 7.11 Å². The van der Waals surface area contributed by atoms with E-state index in [0.717, 1.165) is 0 Å². The molecule has 0 fully saturated rings. The molecule has 1 heterocycles. The molecule has 2 amide bonds. The van der Waals surface area contributed by atoms with Gasteiger partial charge in [0.1, 0.15) is 17.6 Å². The van der Waals surface area contributed by atoms with E-state index in [9.17, 15) is 9.90 Å². The summed E-state index contributed by atoms with van der Waals surface area (Å²) in [5.74, 6) is 1.12. The number of nitrogens with one attached hydrogen (secondary N) is 2. The summed E-state index contributed by atoms with van der Waals surface area (Å²) in [6.45, 7) is 0.0282. The first-order chi connectivity index (χ1) is 11.1. The Morgan fingerprint density at radius 1 is 1.22 bits per heavy atom. The van der Waals surface area contributed by atoms with Gasteiger partial charge in [-0.3, -0.25) is 4.98 Å². The molecule has 1 aromatic heterocycles. The molecule has 0 unspecified atom stereocenters. The fourth-order valence-electron chi connectivity index (χ4n) is 2.01. The van der Waals surface area contributed by atoms with Crippen molar-refractivity contribution >= 4 is 11.7 Å². The molecule has 122 valence electrons. The molecule has 0 aliphatic heterocycles. The molecule has 1 aromatic carbocycles. The number of aliphatic hydroxyl groups excluding tert-OH is 1. The fourth-order valence-corrected chi connectivity index (χ4v) is 2.01. The molecule has 23 heavy (non-hydrogen) atoms. The molecular formula is C16H19N3O4. The number of aromatic nitrogens is 1. The maximum absolute atomic E-state index is 11.8. The quantitative estimate of drug-likeness (QED) is 0.757. The van der Waals surface area contributed by atoms with Crippen LogP contribution in [0.2, 0.25) is 0 Å². The zero-order valence-electron chi connectivity index (χ0n) is 12.9. The minimum Gasteiger partial charge on any atom is -0.497 e. The molecule has 0 aliphatic carbocycles. The molecule has 0 saturated carbocycles. The van der Waals surface area contributed by atoms with Crippen molar-refractivity contribution in [3.05, 3.63) is 48.3 Å². The van der Waals surface area contributed by atoms with E-state index < -0.39 is 12.1 Å². The molecule has 2 rings (SSSR count).